The van der Waals surface area contributed by atoms with Crippen LogP contribution in [0.25, 0.3) is 0 Å². The fourth-order valence-electron chi connectivity index (χ4n) is 1.73. The van der Waals surface area contributed by atoms with Gasteiger partial charge in [-0.25, -0.2) is 4.79 Å². The first-order valence-corrected chi connectivity index (χ1v) is 4.80. The minimum absolute atomic E-state index is 0.0693. The fraction of sp³-hybridized carbons (Fsp3) is 0.667. The third kappa shape index (κ3) is 2.69. The molecular weight excluding hydrogens is 218 g/mol. The van der Waals surface area contributed by atoms with E-state index in [0.717, 1.165) is 4.90 Å². The molecule has 90 valence electrons. The fourth-order valence-corrected chi connectivity index (χ4v) is 1.73. The van der Waals surface area contributed by atoms with Crippen LogP contribution in [0.5, 0.6) is 0 Å². The Hall–Kier alpha value is -1.63. The second kappa shape index (κ2) is 4.93. The molecule has 1 rings (SSSR count). The van der Waals surface area contributed by atoms with Crippen LogP contribution in [0.2, 0.25) is 0 Å². The number of amides is 1. The summed E-state index contributed by atoms with van der Waals surface area (Å²) in [5, 5.41) is 26.3. The van der Waals surface area contributed by atoms with Crippen molar-refractivity contribution in [3.8, 4) is 0 Å². The smallest absolute Gasteiger partial charge is 0.327 e. The Balaban J connectivity index is 2.75. The molecule has 0 saturated carbocycles. The van der Waals surface area contributed by atoms with E-state index < -0.39 is 30.3 Å². The van der Waals surface area contributed by atoms with E-state index in [9.17, 15) is 14.4 Å². The van der Waals surface area contributed by atoms with Crippen LogP contribution >= 0.6 is 0 Å². The molecule has 1 fully saturated rings. The second-order valence-electron chi connectivity index (χ2n) is 3.75. The average Bonchev–Trinajstić information content (AvgIpc) is 2.55. The lowest BCUT2D eigenvalue weighted by molar-refractivity contribution is -0.153. The Morgan fingerprint density at radius 3 is 2.44 bits per heavy atom. The number of carboxylic acids is 2. The Morgan fingerprint density at radius 2 is 2.06 bits per heavy atom. The van der Waals surface area contributed by atoms with Gasteiger partial charge < -0.3 is 20.2 Å². The van der Waals surface area contributed by atoms with Crippen LogP contribution in [0.15, 0.2) is 0 Å². The molecule has 0 aromatic heterocycles. The van der Waals surface area contributed by atoms with E-state index >= 15 is 0 Å². The lowest BCUT2D eigenvalue weighted by atomic mass is 10.1. The van der Waals surface area contributed by atoms with Crippen molar-refractivity contribution in [2.75, 3.05) is 13.2 Å². The highest BCUT2D eigenvalue weighted by atomic mass is 16.4. The molecule has 3 N–H and O–H groups in total. The van der Waals surface area contributed by atoms with Crippen molar-refractivity contribution in [1.82, 2.24) is 4.90 Å². The first kappa shape index (κ1) is 12.4. The molecule has 0 aliphatic carbocycles. The van der Waals surface area contributed by atoms with Crippen LogP contribution in [0.1, 0.15) is 12.8 Å². The minimum Gasteiger partial charge on any atom is -0.481 e. The highest BCUT2D eigenvalue weighted by molar-refractivity contribution is 5.88. The number of hydrogen-bond acceptors (Lipinski definition) is 4. The summed E-state index contributed by atoms with van der Waals surface area (Å²) in [6, 6.07) is -1.35. The van der Waals surface area contributed by atoms with E-state index in [1.165, 1.54) is 0 Å². The van der Waals surface area contributed by atoms with Crippen LogP contribution in [0, 0.1) is 5.92 Å². The molecule has 0 radical (unpaired) electrons. The highest BCUT2D eigenvalue weighted by Crippen LogP contribution is 2.21. The average molecular weight is 231 g/mol. The standard InChI is InChI=1S/C9H13NO6/c11-4-5-1-7(12)10(3-5)6(9(15)16)2-8(13)14/h5-6,11H,1-4H2,(H,13,14)(H,15,16). The van der Waals surface area contributed by atoms with Gasteiger partial charge in [-0.05, 0) is 0 Å². The summed E-state index contributed by atoms with van der Waals surface area (Å²) >= 11 is 0. The number of aliphatic carboxylic acids is 2. The van der Waals surface area contributed by atoms with Gasteiger partial charge in [-0.1, -0.05) is 0 Å². The number of nitrogens with zero attached hydrogens (tertiary/aromatic N) is 1. The Kier molecular flexibility index (Phi) is 3.83. The van der Waals surface area contributed by atoms with Gasteiger partial charge in [-0.15, -0.1) is 0 Å². The number of rotatable bonds is 5. The lowest BCUT2D eigenvalue weighted by Gasteiger charge is -2.23. The SMILES string of the molecule is O=C(O)CC(C(=O)O)N1CC(CO)CC1=O. The number of hydrogen-bond donors (Lipinski definition) is 3. The van der Waals surface area contributed by atoms with E-state index in [-0.39, 0.29) is 25.5 Å². The van der Waals surface area contributed by atoms with E-state index in [0.29, 0.717) is 0 Å². The molecule has 16 heavy (non-hydrogen) atoms. The van der Waals surface area contributed by atoms with Gasteiger partial charge in [0, 0.05) is 25.5 Å². The van der Waals surface area contributed by atoms with E-state index in [4.69, 9.17) is 15.3 Å². The van der Waals surface area contributed by atoms with Gasteiger partial charge in [-0.3, -0.25) is 9.59 Å². The molecule has 1 aliphatic heterocycles. The zero-order valence-corrected chi connectivity index (χ0v) is 8.50. The zero-order chi connectivity index (χ0) is 12.3. The van der Waals surface area contributed by atoms with Crippen LogP contribution in [-0.2, 0) is 14.4 Å². The van der Waals surface area contributed by atoms with Gasteiger partial charge in [0.2, 0.25) is 5.91 Å². The predicted octanol–water partition coefficient (Wildman–Crippen LogP) is -1.24. The second-order valence-corrected chi connectivity index (χ2v) is 3.75. The molecule has 2 unspecified atom stereocenters. The molecule has 1 heterocycles. The molecule has 1 aliphatic rings. The van der Waals surface area contributed by atoms with Gasteiger partial charge >= 0.3 is 11.9 Å². The molecule has 2 atom stereocenters. The van der Waals surface area contributed by atoms with Crippen LogP contribution in [-0.4, -0.2) is 57.3 Å². The van der Waals surface area contributed by atoms with E-state index in [1.807, 2.05) is 0 Å². The monoisotopic (exact) mass is 231 g/mol. The molecule has 7 heteroatoms. The van der Waals surface area contributed by atoms with Crippen molar-refractivity contribution in [2.45, 2.75) is 18.9 Å². The van der Waals surface area contributed by atoms with Gasteiger partial charge in [0.25, 0.3) is 0 Å². The van der Waals surface area contributed by atoms with Crippen LogP contribution in [0.3, 0.4) is 0 Å². The summed E-state index contributed by atoms with van der Waals surface area (Å²) in [6.07, 6.45) is -0.556. The number of aliphatic hydroxyl groups excluding tert-OH is 1. The maximum absolute atomic E-state index is 11.4. The summed E-state index contributed by atoms with van der Waals surface area (Å²) in [6.45, 7) is -0.110. The Labute approximate surface area is 91.3 Å². The van der Waals surface area contributed by atoms with Gasteiger partial charge in [0.1, 0.15) is 6.04 Å². The van der Waals surface area contributed by atoms with Crippen molar-refractivity contribution >= 4 is 17.8 Å². The van der Waals surface area contributed by atoms with Crippen LogP contribution < -0.4 is 0 Å². The van der Waals surface area contributed by atoms with Crippen molar-refractivity contribution in [3.05, 3.63) is 0 Å². The Bertz CT molecular complexity index is 315. The number of carbonyl (C=O) groups is 3. The zero-order valence-electron chi connectivity index (χ0n) is 8.50. The molecule has 1 amide bonds. The number of carbonyl (C=O) groups excluding carboxylic acids is 1. The van der Waals surface area contributed by atoms with Crippen molar-refractivity contribution in [3.63, 3.8) is 0 Å². The quantitative estimate of drug-likeness (QED) is 0.544. The molecule has 0 spiro atoms. The summed E-state index contributed by atoms with van der Waals surface area (Å²) in [5.41, 5.74) is 0. The molecule has 0 aromatic carbocycles. The maximum Gasteiger partial charge on any atom is 0.327 e. The number of aliphatic hydroxyl groups is 1. The molecule has 0 aromatic rings. The maximum atomic E-state index is 11.4. The first-order valence-electron chi connectivity index (χ1n) is 4.80. The lowest BCUT2D eigenvalue weighted by Crippen LogP contribution is -2.43. The first-order chi connectivity index (χ1) is 7.45. The largest absolute Gasteiger partial charge is 0.481 e. The van der Waals surface area contributed by atoms with E-state index in [1.54, 1.807) is 0 Å². The van der Waals surface area contributed by atoms with Gasteiger partial charge in [0.05, 0.1) is 6.42 Å². The van der Waals surface area contributed by atoms with Crippen molar-refractivity contribution in [1.29, 1.82) is 0 Å². The summed E-state index contributed by atoms with van der Waals surface area (Å²) in [4.78, 5) is 33.8. The Morgan fingerprint density at radius 1 is 1.44 bits per heavy atom. The molecule has 0 bridgehead atoms. The third-order valence-electron chi connectivity index (χ3n) is 2.53. The molecule has 1 saturated heterocycles. The summed E-state index contributed by atoms with van der Waals surface area (Å²) in [5.74, 6) is -3.34. The summed E-state index contributed by atoms with van der Waals surface area (Å²) < 4.78 is 0. The normalized spacial score (nSPS) is 22.2. The van der Waals surface area contributed by atoms with Crippen molar-refractivity contribution < 1.29 is 29.7 Å². The van der Waals surface area contributed by atoms with Crippen LogP contribution in [0.4, 0.5) is 0 Å². The summed E-state index contributed by atoms with van der Waals surface area (Å²) in [7, 11) is 0. The minimum atomic E-state index is -1.35. The number of carboxylic acid groups (broad SMARTS) is 2. The predicted molar refractivity (Wildman–Crippen MR) is 50.6 cm³/mol. The van der Waals surface area contributed by atoms with Gasteiger partial charge in [0.15, 0.2) is 0 Å². The van der Waals surface area contributed by atoms with Crippen molar-refractivity contribution in [2.24, 2.45) is 5.92 Å². The molecule has 7 nitrogen and oxygen atoms in total. The number of likely N-dealkylation sites (tertiary alicyclic amines) is 1. The van der Waals surface area contributed by atoms with E-state index in [2.05, 4.69) is 0 Å². The highest BCUT2D eigenvalue weighted by Gasteiger charge is 2.38. The van der Waals surface area contributed by atoms with Gasteiger partial charge in [-0.2, -0.15) is 0 Å². The third-order valence-corrected chi connectivity index (χ3v) is 2.53. The topological polar surface area (TPSA) is 115 Å². The molecular formula is C9H13NO6.